The summed E-state index contributed by atoms with van der Waals surface area (Å²) in [5.41, 5.74) is 3.82. The molecule has 1 fully saturated rings. The van der Waals surface area contributed by atoms with Crippen molar-refractivity contribution >= 4 is 39.7 Å². The molecule has 11 heteroatoms. The van der Waals surface area contributed by atoms with Crippen LogP contribution in [0.1, 0.15) is 32.0 Å². The van der Waals surface area contributed by atoms with E-state index < -0.39 is 0 Å². The molecule has 0 radical (unpaired) electrons. The lowest BCUT2D eigenvalue weighted by atomic mass is 9.96. The van der Waals surface area contributed by atoms with Crippen molar-refractivity contribution in [3.05, 3.63) is 58.4 Å². The molecule has 3 N–H and O–H groups in total. The summed E-state index contributed by atoms with van der Waals surface area (Å²) < 4.78 is 5.33. The Bertz CT molecular complexity index is 1260. The number of rotatable bonds is 6. The Hall–Kier alpha value is -3.54. The summed E-state index contributed by atoms with van der Waals surface area (Å²) in [7, 11) is 1.51. The molecule has 2 aliphatic heterocycles. The lowest BCUT2D eigenvalue weighted by Crippen LogP contribution is -2.43. The largest absolute Gasteiger partial charge is 0.496 e. The van der Waals surface area contributed by atoms with E-state index in [4.69, 9.17) is 4.74 Å². The van der Waals surface area contributed by atoms with Gasteiger partial charge in [0.05, 0.1) is 31.3 Å². The van der Waals surface area contributed by atoms with Crippen molar-refractivity contribution in [3.8, 4) is 5.75 Å². The normalized spacial score (nSPS) is 15.7. The summed E-state index contributed by atoms with van der Waals surface area (Å²) in [5, 5.41) is 17.9. The van der Waals surface area contributed by atoms with Crippen LogP contribution in [0.3, 0.4) is 0 Å². The summed E-state index contributed by atoms with van der Waals surface area (Å²) >= 11 is 1.25. The first-order chi connectivity index (χ1) is 17.1. The van der Waals surface area contributed by atoms with Crippen molar-refractivity contribution in [2.45, 2.75) is 13.0 Å². The molecule has 1 aromatic carbocycles. The lowest BCUT2D eigenvalue weighted by molar-refractivity contribution is 0.0976. The maximum Gasteiger partial charge on any atom is 0.275 e. The number of piperazine rings is 1. The molecule has 2 aromatic heterocycles. The van der Waals surface area contributed by atoms with Crippen LogP contribution in [0.4, 0.5) is 16.5 Å². The molecule has 35 heavy (non-hydrogen) atoms. The fourth-order valence-electron chi connectivity index (χ4n) is 4.40. The molecule has 0 aliphatic carbocycles. The van der Waals surface area contributed by atoms with Gasteiger partial charge in [0.1, 0.15) is 11.4 Å². The molecule has 0 saturated carbocycles. The van der Waals surface area contributed by atoms with Crippen molar-refractivity contribution in [3.63, 3.8) is 0 Å². The van der Waals surface area contributed by atoms with E-state index in [1.54, 1.807) is 28.7 Å². The summed E-state index contributed by atoms with van der Waals surface area (Å²) in [6.45, 7) is 3.73. The number of benzene rings is 1. The van der Waals surface area contributed by atoms with Gasteiger partial charge in [-0.2, -0.15) is 0 Å². The van der Waals surface area contributed by atoms with Crippen LogP contribution >= 0.6 is 11.3 Å². The zero-order valence-corrected chi connectivity index (χ0v) is 20.1. The third-order valence-electron chi connectivity index (χ3n) is 6.22. The first-order valence-electron chi connectivity index (χ1n) is 11.4. The maximum absolute atomic E-state index is 13.2. The second-order valence-electron chi connectivity index (χ2n) is 8.29. The van der Waals surface area contributed by atoms with Gasteiger partial charge in [0.15, 0.2) is 5.13 Å². The van der Waals surface area contributed by atoms with Crippen LogP contribution in [0, 0.1) is 0 Å². The molecule has 2 amide bonds. The van der Waals surface area contributed by atoms with Crippen LogP contribution in [-0.2, 0) is 13.0 Å². The molecule has 4 heterocycles. The molecule has 182 valence electrons. The number of fused-ring (bicyclic) bond motifs is 1. The summed E-state index contributed by atoms with van der Waals surface area (Å²) in [6.07, 6.45) is 3.97. The Labute approximate surface area is 206 Å². The zero-order chi connectivity index (χ0) is 24.4. The average Bonchev–Trinajstić information content (AvgIpc) is 3.39. The van der Waals surface area contributed by atoms with E-state index >= 15 is 0 Å². The minimum absolute atomic E-state index is 0.160. The van der Waals surface area contributed by atoms with E-state index in [9.17, 15) is 14.7 Å². The molecule has 10 nitrogen and oxygen atoms in total. The molecule has 5 rings (SSSR count). The van der Waals surface area contributed by atoms with Gasteiger partial charge in [0.25, 0.3) is 11.8 Å². The number of aliphatic hydroxyl groups is 1. The number of thiazole rings is 1. The minimum Gasteiger partial charge on any atom is -0.496 e. The van der Waals surface area contributed by atoms with Gasteiger partial charge in [0.2, 0.25) is 0 Å². The van der Waals surface area contributed by atoms with Crippen LogP contribution in [-0.4, -0.2) is 66.7 Å². The third kappa shape index (κ3) is 4.57. The number of amides is 2. The highest BCUT2D eigenvalue weighted by molar-refractivity contribution is 7.14. The van der Waals surface area contributed by atoms with E-state index in [0.717, 1.165) is 37.4 Å². The predicted molar refractivity (Wildman–Crippen MR) is 134 cm³/mol. The number of hydrogen-bond acceptors (Lipinski definition) is 9. The number of carbonyl (C=O) groups is 2. The lowest BCUT2D eigenvalue weighted by Gasteiger charge is -2.30. The molecule has 1 saturated heterocycles. The smallest absolute Gasteiger partial charge is 0.275 e. The zero-order valence-electron chi connectivity index (χ0n) is 19.3. The molecule has 0 atom stereocenters. The van der Waals surface area contributed by atoms with Gasteiger partial charge in [-0.1, -0.05) is 0 Å². The number of methoxy groups -OCH3 is 1. The van der Waals surface area contributed by atoms with Gasteiger partial charge >= 0.3 is 0 Å². The van der Waals surface area contributed by atoms with E-state index in [0.29, 0.717) is 40.7 Å². The molecule has 0 spiro atoms. The standard InChI is InChI=1S/C24H26N6O4S/c1-34-21-11-17-15(10-16(21)13-31)3-7-30(23(17)33)24-28-19(14-35-24)22(32)27-18-12-26-4-2-20(18)29-8-5-25-6-9-29/h2,4,10-12,14,25,31H,3,5-9,13H2,1H3,(H,27,32). The van der Waals surface area contributed by atoms with E-state index in [2.05, 4.69) is 25.5 Å². The molecule has 2 aliphatic rings. The highest BCUT2D eigenvalue weighted by Gasteiger charge is 2.29. The Morgan fingerprint density at radius 3 is 2.89 bits per heavy atom. The van der Waals surface area contributed by atoms with Crippen LogP contribution in [0.5, 0.6) is 5.75 Å². The Morgan fingerprint density at radius 1 is 1.29 bits per heavy atom. The van der Waals surface area contributed by atoms with Gasteiger partial charge in [-0.15, -0.1) is 11.3 Å². The molecular formula is C24H26N6O4S. The van der Waals surface area contributed by atoms with E-state index in [1.807, 2.05) is 12.1 Å². The van der Waals surface area contributed by atoms with Gasteiger partial charge in [-0.05, 0) is 30.2 Å². The second kappa shape index (κ2) is 9.98. The number of hydrogen-bond donors (Lipinski definition) is 3. The number of carbonyl (C=O) groups excluding carboxylic acids is 2. The van der Waals surface area contributed by atoms with E-state index in [1.165, 1.54) is 18.4 Å². The van der Waals surface area contributed by atoms with E-state index in [-0.39, 0.29) is 24.1 Å². The number of aliphatic hydroxyl groups excluding tert-OH is 1. The minimum atomic E-state index is -0.351. The van der Waals surface area contributed by atoms with Crippen LogP contribution < -0.4 is 25.2 Å². The topological polar surface area (TPSA) is 120 Å². The predicted octanol–water partition coefficient (Wildman–Crippen LogP) is 1.90. The van der Waals surface area contributed by atoms with Crippen molar-refractivity contribution in [2.75, 3.05) is 55.0 Å². The summed E-state index contributed by atoms with van der Waals surface area (Å²) in [4.78, 5) is 38.7. The van der Waals surface area contributed by atoms with Crippen molar-refractivity contribution in [1.82, 2.24) is 15.3 Å². The number of pyridine rings is 1. The Balaban J connectivity index is 1.34. The first kappa shape index (κ1) is 23.2. The quantitative estimate of drug-likeness (QED) is 0.475. The molecule has 0 unspecified atom stereocenters. The van der Waals surface area contributed by atoms with Gasteiger partial charge < -0.3 is 25.4 Å². The molecule has 3 aromatic rings. The van der Waals surface area contributed by atoms with Crippen molar-refractivity contribution in [2.24, 2.45) is 0 Å². The average molecular weight is 495 g/mol. The number of ether oxygens (including phenoxy) is 1. The van der Waals surface area contributed by atoms with Gasteiger partial charge in [0, 0.05) is 55.4 Å². The molecule has 0 bridgehead atoms. The third-order valence-corrected chi connectivity index (χ3v) is 7.08. The number of nitrogens with zero attached hydrogens (tertiary/aromatic N) is 4. The van der Waals surface area contributed by atoms with Crippen molar-refractivity contribution < 1.29 is 19.4 Å². The van der Waals surface area contributed by atoms with Gasteiger partial charge in [-0.25, -0.2) is 4.98 Å². The number of anilines is 3. The first-order valence-corrected chi connectivity index (χ1v) is 12.3. The summed E-state index contributed by atoms with van der Waals surface area (Å²) in [5.74, 6) is -0.0861. The Morgan fingerprint density at radius 2 is 2.11 bits per heavy atom. The summed E-state index contributed by atoms with van der Waals surface area (Å²) in [6, 6.07) is 5.37. The number of aromatic nitrogens is 2. The molecular weight excluding hydrogens is 468 g/mol. The highest BCUT2D eigenvalue weighted by atomic mass is 32.1. The Kier molecular flexibility index (Phi) is 6.62. The van der Waals surface area contributed by atoms with Gasteiger partial charge in [-0.3, -0.25) is 19.5 Å². The highest BCUT2D eigenvalue weighted by Crippen LogP contribution is 2.32. The second-order valence-corrected chi connectivity index (χ2v) is 9.12. The monoisotopic (exact) mass is 494 g/mol. The fraction of sp³-hybridized carbons (Fsp3) is 0.333. The van der Waals surface area contributed by atoms with Crippen LogP contribution in [0.25, 0.3) is 0 Å². The van der Waals surface area contributed by atoms with Crippen LogP contribution in [0.2, 0.25) is 0 Å². The number of nitrogens with one attached hydrogen (secondary N) is 2. The fourth-order valence-corrected chi connectivity index (χ4v) is 5.23. The SMILES string of the molecule is COc1cc2c(cc1CO)CCN(c1nc(C(=O)Nc3cnccc3N3CCNCC3)cs1)C2=O. The van der Waals surface area contributed by atoms with Crippen molar-refractivity contribution in [1.29, 1.82) is 0 Å². The van der Waals surface area contributed by atoms with Crippen LogP contribution in [0.15, 0.2) is 36.0 Å². The maximum atomic E-state index is 13.2.